The molecule has 26 heavy (non-hydrogen) atoms. The fourth-order valence-electron chi connectivity index (χ4n) is 2.73. The molecule has 1 aliphatic rings. The molecule has 4 rings (SSSR count). The summed E-state index contributed by atoms with van der Waals surface area (Å²) in [6.07, 6.45) is 2.12. The fourth-order valence-corrected chi connectivity index (χ4v) is 3.41. The number of hydrogen-bond acceptors (Lipinski definition) is 4. The summed E-state index contributed by atoms with van der Waals surface area (Å²) < 4.78 is 32.2. The lowest BCUT2D eigenvalue weighted by Gasteiger charge is -2.17. The number of fused-ring (bicyclic) bond motifs is 1. The van der Waals surface area contributed by atoms with E-state index in [2.05, 4.69) is 10.3 Å². The van der Waals surface area contributed by atoms with Gasteiger partial charge in [0.1, 0.15) is 17.4 Å². The number of rotatable bonds is 3. The zero-order chi connectivity index (χ0) is 18.1. The third-order valence-electron chi connectivity index (χ3n) is 3.90. The average Bonchev–Trinajstić information content (AvgIpc) is 3.21. The van der Waals surface area contributed by atoms with Gasteiger partial charge in [0.15, 0.2) is 5.13 Å². The molecule has 2 heterocycles. The first kappa shape index (κ1) is 16.5. The van der Waals surface area contributed by atoms with Crippen LogP contribution in [-0.2, 0) is 6.42 Å². The van der Waals surface area contributed by atoms with E-state index in [1.54, 1.807) is 18.2 Å². The standard InChI is InChI=1S/C18H13F2N3O2S/c19-12-2-1-3-14(8-12)25-16-10-21-17(26-16)22-18(24)23-7-6-11-4-5-13(20)9-15(11)23/h1-5,8-10H,6-7H2,(H,21,22,24). The smallest absolute Gasteiger partial charge is 0.328 e. The molecule has 0 aliphatic carbocycles. The lowest BCUT2D eigenvalue weighted by atomic mass is 10.2. The molecule has 5 nitrogen and oxygen atoms in total. The largest absolute Gasteiger partial charge is 0.445 e. The van der Waals surface area contributed by atoms with Crippen molar-refractivity contribution in [2.75, 3.05) is 16.8 Å². The van der Waals surface area contributed by atoms with Crippen molar-refractivity contribution in [1.82, 2.24) is 4.98 Å². The molecule has 0 atom stereocenters. The molecule has 1 aromatic heterocycles. The number of nitrogens with zero attached hydrogens (tertiary/aromatic N) is 2. The summed E-state index contributed by atoms with van der Waals surface area (Å²) in [6.45, 7) is 0.475. The highest BCUT2D eigenvalue weighted by molar-refractivity contribution is 7.17. The quantitative estimate of drug-likeness (QED) is 0.717. The molecule has 0 fully saturated rings. The van der Waals surface area contributed by atoms with Gasteiger partial charge in [0.25, 0.3) is 0 Å². The van der Waals surface area contributed by atoms with Gasteiger partial charge in [-0.25, -0.2) is 18.6 Å². The molecule has 1 N–H and O–H groups in total. The Morgan fingerprint density at radius 1 is 1.19 bits per heavy atom. The summed E-state index contributed by atoms with van der Waals surface area (Å²) in [4.78, 5) is 18.0. The number of benzene rings is 2. The summed E-state index contributed by atoms with van der Waals surface area (Å²) in [5.74, 6) is -0.445. The molecule has 3 aromatic rings. The van der Waals surface area contributed by atoms with Crippen molar-refractivity contribution in [3.63, 3.8) is 0 Å². The lowest BCUT2D eigenvalue weighted by molar-refractivity contribution is 0.257. The molecule has 0 saturated heterocycles. The van der Waals surface area contributed by atoms with E-state index in [1.807, 2.05) is 0 Å². The second kappa shape index (κ2) is 6.72. The molecule has 0 saturated carbocycles. The third kappa shape index (κ3) is 3.36. The van der Waals surface area contributed by atoms with Crippen molar-refractivity contribution in [3.05, 3.63) is 65.9 Å². The monoisotopic (exact) mass is 373 g/mol. The van der Waals surface area contributed by atoms with Gasteiger partial charge < -0.3 is 4.74 Å². The van der Waals surface area contributed by atoms with Gasteiger partial charge in [0.2, 0.25) is 5.06 Å². The molecular formula is C18H13F2N3O2S. The molecule has 0 spiro atoms. The van der Waals surface area contributed by atoms with Gasteiger partial charge in [-0.05, 0) is 36.2 Å². The summed E-state index contributed by atoms with van der Waals surface area (Å²) >= 11 is 1.12. The number of amides is 2. The maximum Gasteiger partial charge on any atom is 0.328 e. The highest BCUT2D eigenvalue weighted by atomic mass is 32.1. The van der Waals surface area contributed by atoms with Gasteiger partial charge in [0, 0.05) is 12.6 Å². The Kier molecular flexibility index (Phi) is 4.26. The third-order valence-corrected chi connectivity index (χ3v) is 4.69. The van der Waals surface area contributed by atoms with Gasteiger partial charge in [-0.2, -0.15) is 0 Å². The maximum atomic E-state index is 13.5. The van der Waals surface area contributed by atoms with Crippen LogP contribution in [0.2, 0.25) is 0 Å². The van der Waals surface area contributed by atoms with E-state index in [0.29, 0.717) is 34.6 Å². The molecule has 0 unspecified atom stereocenters. The maximum absolute atomic E-state index is 13.5. The minimum absolute atomic E-state index is 0.339. The zero-order valence-corrected chi connectivity index (χ0v) is 14.2. The molecule has 0 bridgehead atoms. The number of aromatic nitrogens is 1. The first-order valence-corrected chi connectivity index (χ1v) is 8.66. The van der Waals surface area contributed by atoms with E-state index in [1.165, 1.54) is 35.4 Å². The van der Waals surface area contributed by atoms with E-state index in [-0.39, 0.29) is 11.8 Å². The van der Waals surface area contributed by atoms with E-state index < -0.39 is 5.82 Å². The second-order valence-electron chi connectivity index (χ2n) is 5.65. The fraction of sp³-hybridized carbons (Fsp3) is 0.111. The van der Waals surface area contributed by atoms with Crippen LogP contribution in [0.15, 0.2) is 48.7 Å². The van der Waals surface area contributed by atoms with Crippen LogP contribution in [0.4, 0.5) is 24.4 Å². The molecular weight excluding hydrogens is 360 g/mol. The van der Waals surface area contributed by atoms with Crippen LogP contribution in [0.3, 0.4) is 0 Å². The normalized spacial score (nSPS) is 12.8. The summed E-state index contributed by atoms with van der Waals surface area (Å²) in [6, 6.07) is 9.78. The van der Waals surface area contributed by atoms with Crippen LogP contribution < -0.4 is 15.0 Å². The predicted molar refractivity (Wildman–Crippen MR) is 95.1 cm³/mol. The zero-order valence-electron chi connectivity index (χ0n) is 13.4. The molecule has 2 amide bonds. The first-order chi connectivity index (χ1) is 12.6. The predicted octanol–water partition coefficient (Wildman–Crippen LogP) is 4.81. The second-order valence-corrected chi connectivity index (χ2v) is 6.64. The van der Waals surface area contributed by atoms with E-state index in [4.69, 9.17) is 4.74 Å². The van der Waals surface area contributed by atoms with Crippen LogP contribution >= 0.6 is 11.3 Å². The van der Waals surface area contributed by atoms with Crippen LogP contribution in [0, 0.1) is 11.6 Å². The topological polar surface area (TPSA) is 54.5 Å². The van der Waals surface area contributed by atoms with Crippen LogP contribution in [0.25, 0.3) is 0 Å². The van der Waals surface area contributed by atoms with Gasteiger partial charge in [-0.15, -0.1) is 0 Å². The number of thiazole rings is 1. The molecule has 2 aromatic carbocycles. The number of nitrogens with one attached hydrogen (secondary N) is 1. The SMILES string of the molecule is O=C(Nc1ncc(Oc2cccc(F)c2)s1)N1CCc2ccc(F)cc21. The summed E-state index contributed by atoms with van der Waals surface area (Å²) in [5, 5.41) is 3.43. The van der Waals surface area contributed by atoms with Crippen molar-refractivity contribution >= 4 is 28.2 Å². The van der Waals surface area contributed by atoms with Crippen molar-refractivity contribution in [2.24, 2.45) is 0 Å². The number of carbonyl (C=O) groups is 1. The summed E-state index contributed by atoms with van der Waals surface area (Å²) in [7, 11) is 0. The number of carbonyl (C=O) groups excluding carboxylic acids is 1. The van der Waals surface area contributed by atoms with Gasteiger partial charge in [-0.3, -0.25) is 10.2 Å². The van der Waals surface area contributed by atoms with Crippen molar-refractivity contribution in [1.29, 1.82) is 0 Å². The number of hydrogen-bond donors (Lipinski definition) is 1. The highest BCUT2D eigenvalue weighted by Crippen LogP contribution is 2.32. The number of urea groups is 1. The van der Waals surface area contributed by atoms with Crippen molar-refractivity contribution < 1.29 is 18.3 Å². The van der Waals surface area contributed by atoms with Gasteiger partial charge in [0.05, 0.1) is 11.9 Å². The van der Waals surface area contributed by atoms with Gasteiger partial charge >= 0.3 is 6.03 Å². The lowest BCUT2D eigenvalue weighted by Crippen LogP contribution is -2.33. The summed E-state index contributed by atoms with van der Waals surface area (Å²) in [5.41, 5.74) is 1.49. The van der Waals surface area contributed by atoms with Crippen LogP contribution in [0.5, 0.6) is 10.8 Å². The Morgan fingerprint density at radius 3 is 2.88 bits per heavy atom. The molecule has 8 heteroatoms. The molecule has 0 radical (unpaired) electrons. The van der Waals surface area contributed by atoms with Crippen LogP contribution in [-0.4, -0.2) is 17.6 Å². The Hall–Kier alpha value is -3.00. The van der Waals surface area contributed by atoms with E-state index in [0.717, 1.165) is 16.9 Å². The Balaban J connectivity index is 1.45. The number of anilines is 2. The van der Waals surface area contributed by atoms with Gasteiger partial charge in [-0.1, -0.05) is 23.5 Å². The first-order valence-electron chi connectivity index (χ1n) is 7.85. The Morgan fingerprint density at radius 2 is 2.04 bits per heavy atom. The number of halogens is 2. The van der Waals surface area contributed by atoms with Crippen LogP contribution in [0.1, 0.15) is 5.56 Å². The van der Waals surface area contributed by atoms with Crippen molar-refractivity contribution in [2.45, 2.75) is 6.42 Å². The average molecular weight is 373 g/mol. The van der Waals surface area contributed by atoms with Crippen molar-refractivity contribution in [3.8, 4) is 10.8 Å². The Labute approximate surface area is 151 Å². The van der Waals surface area contributed by atoms with E-state index in [9.17, 15) is 13.6 Å². The number of ether oxygens (including phenoxy) is 1. The van der Waals surface area contributed by atoms with E-state index >= 15 is 0 Å². The molecule has 1 aliphatic heterocycles. The minimum Gasteiger partial charge on any atom is -0.445 e. The molecule has 132 valence electrons. The highest BCUT2D eigenvalue weighted by Gasteiger charge is 2.25. The minimum atomic E-state index is -0.402. The Bertz CT molecular complexity index is 977.